The summed E-state index contributed by atoms with van der Waals surface area (Å²) in [6, 6.07) is 11.8. The molecule has 0 unspecified atom stereocenters. The average Bonchev–Trinajstić information content (AvgIpc) is 2.46. The molecule has 0 spiro atoms. The molecule has 0 aromatic heterocycles. The second-order valence-corrected chi connectivity index (χ2v) is 5.87. The predicted molar refractivity (Wildman–Crippen MR) is 92.8 cm³/mol. The smallest absolute Gasteiger partial charge is 0.264 e. The molecule has 0 atom stereocenters. The van der Waals surface area contributed by atoms with Crippen LogP contribution in [0, 0.1) is 0 Å². The minimum absolute atomic E-state index is 0.0593. The molecule has 0 saturated carbocycles. The molecule has 1 amide bonds. The van der Waals surface area contributed by atoms with Crippen molar-refractivity contribution in [3.05, 3.63) is 68.7 Å². The van der Waals surface area contributed by atoms with Crippen LogP contribution in [0.3, 0.4) is 0 Å². The number of carbonyl (C=O) groups is 1. The Bertz CT molecular complexity index is 722. The molecular weight excluding hydrogens is 365 g/mol. The Morgan fingerprint density at radius 2 is 1.82 bits per heavy atom. The van der Waals surface area contributed by atoms with E-state index in [1.165, 1.54) is 12.1 Å². The number of thiocarbonyl (C=S) groups is 1. The molecule has 0 heterocycles. The Labute approximate surface area is 148 Å². The van der Waals surface area contributed by atoms with Crippen molar-refractivity contribution in [2.45, 2.75) is 6.61 Å². The van der Waals surface area contributed by atoms with Crippen molar-refractivity contribution < 1.29 is 9.53 Å². The molecule has 7 heteroatoms. The largest absolute Gasteiger partial charge is 0.466 e. The van der Waals surface area contributed by atoms with Gasteiger partial charge in [-0.3, -0.25) is 10.1 Å². The lowest BCUT2D eigenvalue weighted by atomic mass is 10.2. The van der Waals surface area contributed by atoms with Crippen LogP contribution in [-0.2, 0) is 11.3 Å². The quantitative estimate of drug-likeness (QED) is 0.778. The molecule has 0 fully saturated rings. The Morgan fingerprint density at radius 1 is 1.09 bits per heavy atom. The summed E-state index contributed by atoms with van der Waals surface area (Å²) in [7, 11) is 0. The minimum Gasteiger partial charge on any atom is -0.466 e. The second-order valence-electron chi connectivity index (χ2n) is 4.25. The van der Waals surface area contributed by atoms with Crippen LogP contribution < -0.4 is 5.32 Å². The van der Waals surface area contributed by atoms with E-state index in [1.807, 2.05) is 18.2 Å². The molecule has 2 aromatic rings. The summed E-state index contributed by atoms with van der Waals surface area (Å²) in [4.78, 5) is 12.0. The van der Waals surface area contributed by atoms with E-state index < -0.39 is 5.91 Å². The highest BCUT2D eigenvalue weighted by Gasteiger charge is 2.13. The summed E-state index contributed by atoms with van der Waals surface area (Å²) in [6.07, 6.45) is 0. The Hall–Kier alpha value is -1.33. The van der Waals surface area contributed by atoms with E-state index in [1.54, 1.807) is 12.1 Å². The fourth-order valence-corrected chi connectivity index (χ4v) is 2.46. The van der Waals surface area contributed by atoms with Gasteiger partial charge < -0.3 is 4.74 Å². The second kappa shape index (κ2) is 7.79. The first-order chi connectivity index (χ1) is 10.5. The van der Waals surface area contributed by atoms with Crippen molar-refractivity contribution in [1.82, 2.24) is 5.32 Å². The zero-order chi connectivity index (χ0) is 16.1. The topological polar surface area (TPSA) is 38.3 Å². The maximum atomic E-state index is 12.0. The molecule has 2 rings (SSSR count). The van der Waals surface area contributed by atoms with Gasteiger partial charge >= 0.3 is 0 Å². The Balaban J connectivity index is 1.94. The fourth-order valence-electron chi connectivity index (χ4n) is 1.63. The van der Waals surface area contributed by atoms with Crippen molar-refractivity contribution >= 4 is 58.1 Å². The van der Waals surface area contributed by atoms with Crippen molar-refractivity contribution in [3.63, 3.8) is 0 Å². The third-order valence-corrected chi connectivity index (χ3v) is 3.84. The van der Waals surface area contributed by atoms with E-state index in [2.05, 4.69) is 5.32 Å². The van der Waals surface area contributed by atoms with E-state index in [4.69, 9.17) is 51.8 Å². The number of nitrogens with one attached hydrogen (secondary N) is 1. The highest BCUT2D eigenvalue weighted by Crippen LogP contribution is 2.21. The van der Waals surface area contributed by atoms with Crippen LogP contribution in [0.25, 0.3) is 0 Å². The number of ether oxygens (including phenoxy) is 1. The highest BCUT2D eigenvalue weighted by molar-refractivity contribution is 7.80. The number of halogens is 3. The normalized spacial score (nSPS) is 10.1. The third-order valence-electron chi connectivity index (χ3n) is 2.71. The van der Waals surface area contributed by atoms with Crippen LogP contribution in [-0.4, -0.2) is 11.1 Å². The SMILES string of the molecule is O=C(NC(=S)OCc1ccccc1Cl)c1ccc(Cl)cc1Cl. The molecule has 0 aliphatic carbocycles. The lowest BCUT2D eigenvalue weighted by Gasteiger charge is -2.10. The van der Waals surface area contributed by atoms with Gasteiger partial charge in [-0.1, -0.05) is 53.0 Å². The highest BCUT2D eigenvalue weighted by atomic mass is 35.5. The maximum Gasteiger partial charge on any atom is 0.264 e. The lowest BCUT2D eigenvalue weighted by molar-refractivity contribution is 0.0967. The first-order valence-electron chi connectivity index (χ1n) is 6.14. The summed E-state index contributed by atoms with van der Waals surface area (Å²) < 4.78 is 5.31. The first-order valence-corrected chi connectivity index (χ1v) is 7.68. The van der Waals surface area contributed by atoms with Crippen LogP contribution in [0.5, 0.6) is 0 Å². The molecule has 3 nitrogen and oxygen atoms in total. The van der Waals surface area contributed by atoms with Crippen molar-refractivity contribution in [1.29, 1.82) is 0 Å². The van der Waals surface area contributed by atoms with Crippen LogP contribution >= 0.6 is 47.0 Å². The molecule has 0 bridgehead atoms. The minimum atomic E-state index is -0.467. The first kappa shape index (κ1) is 17.0. The number of carbonyl (C=O) groups excluding carboxylic acids is 1. The predicted octanol–water partition coefficient (Wildman–Crippen LogP) is 4.88. The van der Waals surface area contributed by atoms with E-state index >= 15 is 0 Å². The average molecular weight is 375 g/mol. The number of benzene rings is 2. The zero-order valence-electron chi connectivity index (χ0n) is 11.1. The van der Waals surface area contributed by atoms with E-state index in [-0.39, 0.29) is 22.4 Å². The summed E-state index contributed by atoms with van der Waals surface area (Å²) in [6.45, 7) is 0.160. The monoisotopic (exact) mass is 373 g/mol. The van der Waals surface area contributed by atoms with Gasteiger partial charge in [0.15, 0.2) is 0 Å². The van der Waals surface area contributed by atoms with Gasteiger partial charge in [0.2, 0.25) is 0 Å². The summed E-state index contributed by atoms with van der Waals surface area (Å²) in [5, 5.41) is 3.63. The molecule has 0 aliphatic heterocycles. The van der Waals surface area contributed by atoms with Gasteiger partial charge in [-0.25, -0.2) is 0 Å². The van der Waals surface area contributed by atoms with Crippen LogP contribution in [0.15, 0.2) is 42.5 Å². The zero-order valence-corrected chi connectivity index (χ0v) is 14.2. The number of rotatable bonds is 3. The number of hydrogen-bond donors (Lipinski definition) is 1. The molecule has 0 radical (unpaired) electrons. The summed E-state index contributed by atoms with van der Waals surface area (Å²) in [5.41, 5.74) is 1.03. The van der Waals surface area contributed by atoms with Gasteiger partial charge in [0, 0.05) is 15.6 Å². The van der Waals surface area contributed by atoms with Gasteiger partial charge in [0.1, 0.15) is 6.61 Å². The molecule has 22 heavy (non-hydrogen) atoms. The number of hydrogen-bond acceptors (Lipinski definition) is 3. The Kier molecular flexibility index (Phi) is 6.03. The van der Waals surface area contributed by atoms with Crippen LogP contribution in [0.4, 0.5) is 0 Å². The molecular formula is C15H10Cl3NO2S. The number of amides is 1. The van der Waals surface area contributed by atoms with Crippen molar-refractivity contribution in [3.8, 4) is 0 Å². The van der Waals surface area contributed by atoms with Crippen LogP contribution in [0.2, 0.25) is 15.1 Å². The van der Waals surface area contributed by atoms with E-state index in [0.717, 1.165) is 5.56 Å². The fraction of sp³-hybridized carbons (Fsp3) is 0.0667. The molecule has 0 saturated heterocycles. The van der Waals surface area contributed by atoms with Crippen molar-refractivity contribution in [2.75, 3.05) is 0 Å². The van der Waals surface area contributed by atoms with Gasteiger partial charge in [-0.2, -0.15) is 0 Å². The van der Waals surface area contributed by atoms with E-state index in [9.17, 15) is 4.79 Å². The van der Waals surface area contributed by atoms with Crippen molar-refractivity contribution in [2.24, 2.45) is 0 Å². The van der Waals surface area contributed by atoms with Crippen LogP contribution in [0.1, 0.15) is 15.9 Å². The molecule has 0 aliphatic rings. The molecule has 114 valence electrons. The summed E-state index contributed by atoms with van der Waals surface area (Å²) >= 11 is 22.7. The standard InChI is InChI=1S/C15H10Cl3NO2S/c16-10-5-6-11(13(18)7-10)14(20)19-15(22)21-8-9-3-1-2-4-12(9)17/h1-7H,8H2,(H,19,20,22). The third kappa shape index (κ3) is 4.58. The van der Waals surface area contributed by atoms with Gasteiger partial charge in [0.05, 0.1) is 10.6 Å². The summed E-state index contributed by atoms with van der Waals surface area (Å²) in [5.74, 6) is -0.467. The maximum absolute atomic E-state index is 12.0. The Morgan fingerprint density at radius 3 is 2.50 bits per heavy atom. The van der Waals surface area contributed by atoms with E-state index in [0.29, 0.717) is 10.0 Å². The molecule has 1 N–H and O–H groups in total. The van der Waals surface area contributed by atoms with Gasteiger partial charge in [-0.15, -0.1) is 0 Å². The lowest BCUT2D eigenvalue weighted by Crippen LogP contribution is -2.30. The van der Waals surface area contributed by atoms with Gasteiger partial charge in [-0.05, 0) is 36.5 Å². The van der Waals surface area contributed by atoms with Gasteiger partial charge in [0.25, 0.3) is 11.1 Å². The molecule has 2 aromatic carbocycles.